The Kier molecular flexibility index (Phi) is 5.17. The van der Waals surface area contributed by atoms with Crippen LogP contribution in [0.4, 0.5) is 10.5 Å². The average molecular weight is 423 g/mol. The second-order valence-electron chi connectivity index (χ2n) is 7.56. The Labute approximate surface area is 184 Å². The van der Waals surface area contributed by atoms with Crippen molar-refractivity contribution >= 4 is 33.5 Å². The summed E-state index contributed by atoms with van der Waals surface area (Å²) in [6.07, 6.45) is 2.65. The number of benzene rings is 3. The molecule has 32 heavy (non-hydrogen) atoms. The quantitative estimate of drug-likeness (QED) is 0.310. The number of nitrogens with zero attached hydrogens (tertiary/aromatic N) is 1. The van der Waals surface area contributed by atoms with Crippen molar-refractivity contribution in [2.45, 2.75) is 13.1 Å². The third-order valence-electron chi connectivity index (χ3n) is 5.45. The summed E-state index contributed by atoms with van der Waals surface area (Å²) >= 11 is 0. The molecule has 0 aliphatic carbocycles. The van der Waals surface area contributed by atoms with Gasteiger partial charge in [0.2, 0.25) is 0 Å². The molecular formula is C26H21N3O3. The number of nitrogens with one attached hydrogen (secondary N) is 2. The predicted molar refractivity (Wildman–Crippen MR) is 126 cm³/mol. The first kappa shape index (κ1) is 19.6. The fourth-order valence-electron chi connectivity index (χ4n) is 3.85. The van der Waals surface area contributed by atoms with Crippen LogP contribution in [0.2, 0.25) is 0 Å². The molecule has 0 radical (unpaired) electrons. The monoisotopic (exact) mass is 423 g/mol. The molecule has 6 nitrogen and oxygen atoms in total. The Balaban J connectivity index is 1.44. The van der Waals surface area contributed by atoms with Gasteiger partial charge in [0.15, 0.2) is 0 Å². The number of hydrogen-bond acceptors (Lipinski definition) is 4. The predicted octanol–water partition coefficient (Wildman–Crippen LogP) is 6.03. The largest absolute Gasteiger partial charge is 0.465 e. The Bertz CT molecular complexity index is 1390. The van der Waals surface area contributed by atoms with Gasteiger partial charge in [-0.2, -0.15) is 0 Å². The van der Waals surface area contributed by atoms with Gasteiger partial charge in [0, 0.05) is 47.5 Å². The Morgan fingerprint density at radius 1 is 0.906 bits per heavy atom. The van der Waals surface area contributed by atoms with Crippen molar-refractivity contribution in [1.82, 2.24) is 10.3 Å². The van der Waals surface area contributed by atoms with Crippen LogP contribution in [0.5, 0.6) is 0 Å². The number of para-hydroxylation sites is 2. The third-order valence-corrected chi connectivity index (χ3v) is 5.45. The Hall–Kier alpha value is -4.32. The molecule has 0 atom stereocenters. The maximum atomic E-state index is 10.8. The van der Waals surface area contributed by atoms with E-state index >= 15 is 0 Å². The molecule has 3 N–H and O–H groups in total. The van der Waals surface area contributed by atoms with Gasteiger partial charge in [-0.3, -0.25) is 4.98 Å². The molecule has 2 heterocycles. The van der Waals surface area contributed by atoms with E-state index in [1.807, 2.05) is 67.0 Å². The van der Waals surface area contributed by atoms with Gasteiger partial charge in [0.25, 0.3) is 0 Å². The molecule has 0 bridgehead atoms. The van der Waals surface area contributed by atoms with Crippen LogP contribution in [0.15, 0.2) is 89.6 Å². The van der Waals surface area contributed by atoms with Crippen molar-refractivity contribution in [2.75, 3.05) is 5.32 Å². The van der Waals surface area contributed by atoms with E-state index in [4.69, 9.17) is 9.52 Å². The van der Waals surface area contributed by atoms with Gasteiger partial charge in [-0.25, -0.2) is 4.79 Å². The molecule has 0 unspecified atom stereocenters. The van der Waals surface area contributed by atoms with E-state index < -0.39 is 6.09 Å². The van der Waals surface area contributed by atoms with E-state index in [2.05, 4.69) is 33.8 Å². The molecule has 5 aromatic rings. The molecule has 0 fully saturated rings. The lowest BCUT2D eigenvalue weighted by Gasteiger charge is -2.13. The summed E-state index contributed by atoms with van der Waals surface area (Å²) in [4.78, 5) is 15.2. The van der Waals surface area contributed by atoms with Crippen molar-refractivity contribution < 1.29 is 14.3 Å². The summed E-state index contributed by atoms with van der Waals surface area (Å²) in [5, 5.41) is 17.9. The van der Waals surface area contributed by atoms with E-state index in [0.29, 0.717) is 6.54 Å². The number of carboxylic acid groups (broad SMARTS) is 1. The smallest absolute Gasteiger partial charge is 0.404 e. The molecule has 0 aliphatic heterocycles. The zero-order valence-corrected chi connectivity index (χ0v) is 17.2. The minimum Gasteiger partial charge on any atom is -0.465 e. The molecule has 158 valence electrons. The maximum absolute atomic E-state index is 10.8. The molecule has 6 heteroatoms. The highest BCUT2D eigenvalue weighted by Crippen LogP contribution is 2.33. The summed E-state index contributed by atoms with van der Waals surface area (Å²) in [6.45, 7) is 0.847. The zero-order valence-electron chi connectivity index (χ0n) is 17.2. The van der Waals surface area contributed by atoms with Crippen LogP contribution in [0.1, 0.15) is 11.1 Å². The van der Waals surface area contributed by atoms with Gasteiger partial charge in [-0.05, 0) is 40.8 Å². The van der Waals surface area contributed by atoms with E-state index in [1.54, 1.807) is 0 Å². The molecule has 0 saturated carbocycles. The number of pyridine rings is 1. The molecule has 5 rings (SSSR count). The molecule has 0 aliphatic rings. The fourth-order valence-corrected chi connectivity index (χ4v) is 3.85. The van der Waals surface area contributed by atoms with Gasteiger partial charge in [0.1, 0.15) is 11.3 Å². The fraction of sp³-hybridized carbons (Fsp3) is 0.0769. The summed E-state index contributed by atoms with van der Waals surface area (Å²) in [6, 6.07) is 23.9. The average Bonchev–Trinajstić information content (AvgIpc) is 3.25. The van der Waals surface area contributed by atoms with Crippen LogP contribution < -0.4 is 10.6 Å². The zero-order chi connectivity index (χ0) is 21.9. The maximum Gasteiger partial charge on any atom is 0.404 e. The Morgan fingerprint density at radius 3 is 2.62 bits per heavy atom. The number of amides is 1. The number of hydrogen-bond donors (Lipinski definition) is 3. The van der Waals surface area contributed by atoms with E-state index in [-0.39, 0.29) is 6.54 Å². The summed E-state index contributed by atoms with van der Waals surface area (Å²) in [7, 11) is 0. The third kappa shape index (κ3) is 3.98. The number of anilines is 1. The van der Waals surface area contributed by atoms with Crippen LogP contribution in [-0.4, -0.2) is 16.2 Å². The van der Waals surface area contributed by atoms with Crippen LogP contribution in [0.3, 0.4) is 0 Å². The van der Waals surface area contributed by atoms with Gasteiger partial charge in [-0.1, -0.05) is 48.5 Å². The highest BCUT2D eigenvalue weighted by Gasteiger charge is 2.11. The van der Waals surface area contributed by atoms with Gasteiger partial charge < -0.3 is 20.2 Å². The van der Waals surface area contributed by atoms with Crippen molar-refractivity contribution in [3.8, 4) is 11.3 Å². The lowest BCUT2D eigenvalue weighted by molar-refractivity contribution is 0.194. The molecule has 0 saturated heterocycles. The minimum atomic E-state index is -1.04. The minimum absolute atomic E-state index is 0.248. The highest BCUT2D eigenvalue weighted by atomic mass is 16.4. The lowest BCUT2D eigenvalue weighted by atomic mass is 10.0. The van der Waals surface area contributed by atoms with E-state index in [9.17, 15) is 4.79 Å². The molecule has 2 aromatic heterocycles. The van der Waals surface area contributed by atoms with Crippen LogP contribution in [0.25, 0.3) is 33.1 Å². The van der Waals surface area contributed by atoms with E-state index in [1.165, 1.54) is 0 Å². The SMILES string of the molecule is O=C(O)NCc1ccccc1NCc1ccc2cncc(-c3cc4ccccc4o3)c2c1. The standard InChI is InChI=1S/C26H21N3O3/c30-26(31)29-15-20-6-1-3-7-23(20)28-13-17-9-10-19-14-27-16-22(21(19)11-17)25-12-18-5-2-4-8-24(18)32-25/h1-12,14,16,28-29H,13,15H2,(H,30,31). The van der Waals surface area contributed by atoms with Gasteiger partial charge in [-0.15, -0.1) is 0 Å². The van der Waals surface area contributed by atoms with Crippen LogP contribution >= 0.6 is 0 Å². The van der Waals surface area contributed by atoms with Crippen molar-refractivity contribution in [2.24, 2.45) is 0 Å². The first-order chi connectivity index (χ1) is 15.7. The first-order valence-corrected chi connectivity index (χ1v) is 10.3. The number of fused-ring (bicyclic) bond motifs is 2. The van der Waals surface area contributed by atoms with E-state index in [0.717, 1.165) is 49.9 Å². The van der Waals surface area contributed by atoms with Crippen molar-refractivity contribution in [3.05, 3.63) is 96.3 Å². The van der Waals surface area contributed by atoms with Crippen molar-refractivity contribution in [3.63, 3.8) is 0 Å². The number of aromatic nitrogens is 1. The summed E-state index contributed by atoms with van der Waals surface area (Å²) in [5.41, 5.74) is 4.69. The molecule has 0 spiro atoms. The van der Waals surface area contributed by atoms with Crippen LogP contribution in [-0.2, 0) is 13.1 Å². The van der Waals surface area contributed by atoms with Crippen molar-refractivity contribution in [1.29, 1.82) is 0 Å². The molecule has 1 amide bonds. The van der Waals surface area contributed by atoms with Gasteiger partial charge in [0.05, 0.1) is 0 Å². The Morgan fingerprint density at radius 2 is 1.75 bits per heavy atom. The number of furan rings is 1. The topological polar surface area (TPSA) is 87.4 Å². The second-order valence-corrected chi connectivity index (χ2v) is 7.56. The summed E-state index contributed by atoms with van der Waals surface area (Å²) < 4.78 is 6.08. The first-order valence-electron chi connectivity index (χ1n) is 10.3. The number of carbonyl (C=O) groups is 1. The van der Waals surface area contributed by atoms with Gasteiger partial charge >= 0.3 is 6.09 Å². The normalized spacial score (nSPS) is 11.0. The molecular weight excluding hydrogens is 402 g/mol. The number of rotatable bonds is 6. The molecule has 3 aromatic carbocycles. The van der Waals surface area contributed by atoms with Crippen LogP contribution in [0, 0.1) is 0 Å². The summed E-state index contributed by atoms with van der Waals surface area (Å²) in [5.74, 6) is 0.791. The second kappa shape index (κ2) is 8.43. The lowest BCUT2D eigenvalue weighted by Crippen LogP contribution is -2.20. The highest BCUT2D eigenvalue weighted by molar-refractivity contribution is 5.97.